The molecule has 0 aliphatic carbocycles. The average molecular weight is 265 g/mol. The van der Waals surface area contributed by atoms with Gasteiger partial charge < -0.3 is 4.74 Å². The lowest BCUT2D eigenvalue weighted by atomic mass is 10.1. The van der Waals surface area contributed by atoms with E-state index in [9.17, 15) is 4.79 Å². The SMILES string of the molecule is C=C1C[C@@H](c2ccsc2)N(C(=O)OC(C)(C)C)C1. The van der Waals surface area contributed by atoms with E-state index >= 15 is 0 Å². The maximum absolute atomic E-state index is 12.2. The Hall–Kier alpha value is -1.29. The van der Waals surface area contributed by atoms with Crippen LogP contribution in [0.5, 0.6) is 0 Å². The average Bonchev–Trinajstić information content (AvgIpc) is 2.82. The van der Waals surface area contributed by atoms with Crippen LogP contribution in [0.4, 0.5) is 4.79 Å². The molecule has 0 unspecified atom stereocenters. The number of nitrogens with zero attached hydrogens (tertiary/aromatic N) is 1. The molecule has 0 bridgehead atoms. The standard InChI is InChI=1S/C14H19NO2S/c1-10-7-12(11-5-6-18-9-11)15(8-10)13(16)17-14(2,3)4/h5-6,9,12H,1,7-8H2,2-4H3/t12-/m0/s1. The van der Waals surface area contributed by atoms with Crippen LogP contribution < -0.4 is 0 Å². The lowest BCUT2D eigenvalue weighted by molar-refractivity contribution is 0.0228. The molecule has 1 aliphatic heterocycles. The summed E-state index contributed by atoms with van der Waals surface area (Å²) < 4.78 is 5.45. The van der Waals surface area contributed by atoms with Gasteiger partial charge in [0.25, 0.3) is 0 Å². The number of hydrogen-bond donors (Lipinski definition) is 0. The van der Waals surface area contributed by atoms with Crippen molar-refractivity contribution in [2.45, 2.75) is 38.8 Å². The number of likely N-dealkylation sites (tertiary alicyclic amines) is 1. The van der Waals surface area contributed by atoms with Gasteiger partial charge in [-0.15, -0.1) is 0 Å². The fraction of sp³-hybridized carbons (Fsp3) is 0.500. The Labute approximate surface area is 112 Å². The zero-order valence-corrected chi connectivity index (χ0v) is 11.9. The van der Waals surface area contributed by atoms with Crippen LogP contribution in [-0.4, -0.2) is 23.1 Å². The molecule has 1 saturated heterocycles. The number of carbonyl (C=O) groups is 1. The Balaban J connectivity index is 2.15. The highest BCUT2D eigenvalue weighted by Crippen LogP contribution is 2.36. The first-order valence-electron chi connectivity index (χ1n) is 6.05. The first kappa shape index (κ1) is 13.1. The van der Waals surface area contributed by atoms with Gasteiger partial charge in [-0.05, 0) is 49.6 Å². The molecule has 18 heavy (non-hydrogen) atoms. The van der Waals surface area contributed by atoms with Crippen molar-refractivity contribution in [2.24, 2.45) is 0 Å². The molecule has 2 heterocycles. The van der Waals surface area contributed by atoms with E-state index in [2.05, 4.69) is 18.0 Å². The Bertz CT molecular complexity index is 445. The van der Waals surface area contributed by atoms with Crippen LogP contribution >= 0.6 is 11.3 Å². The molecular weight excluding hydrogens is 246 g/mol. The maximum Gasteiger partial charge on any atom is 0.411 e. The van der Waals surface area contributed by atoms with Crippen molar-refractivity contribution in [3.05, 3.63) is 34.5 Å². The first-order chi connectivity index (χ1) is 8.37. The summed E-state index contributed by atoms with van der Waals surface area (Å²) in [4.78, 5) is 14.0. The Morgan fingerprint density at radius 1 is 1.56 bits per heavy atom. The van der Waals surface area contributed by atoms with Gasteiger partial charge in [0.15, 0.2) is 0 Å². The van der Waals surface area contributed by atoms with Gasteiger partial charge in [0.1, 0.15) is 5.60 Å². The third kappa shape index (κ3) is 2.93. The van der Waals surface area contributed by atoms with Gasteiger partial charge >= 0.3 is 6.09 Å². The summed E-state index contributed by atoms with van der Waals surface area (Å²) in [5, 5.41) is 4.12. The largest absolute Gasteiger partial charge is 0.444 e. The van der Waals surface area contributed by atoms with Crippen molar-refractivity contribution in [2.75, 3.05) is 6.54 Å². The number of ether oxygens (including phenoxy) is 1. The molecule has 1 amide bonds. The Kier molecular flexibility index (Phi) is 3.48. The second-order valence-electron chi connectivity index (χ2n) is 5.63. The summed E-state index contributed by atoms with van der Waals surface area (Å²) in [6.45, 7) is 10.2. The van der Waals surface area contributed by atoms with Crippen LogP contribution in [-0.2, 0) is 4.74 Å². The second-order valence-corrected chi connectivity index (χ2v) is 6.41. The van der Waals surface area contributed by atoms with Crippen LogP contribution in [0.15, 0.2) is 29.0 Å². The molecular formula is C14H19NO2S. The summed E-state index contributed by atoms with van der Waals surface area (Å²) in [5.41, 5.74) is 1.79. The van der Waals surface area contributed by atoms with Crippen LogP contribution in [0, 0.1) is 0 Å². The van der Waals surface area contributed by atoms with Crippen molar-refractivity contribution in [3.8, 4) is 0 Å². The molecule has 1 aromatic heterocycles. The number of carbonyl (C=O) groups excluding carboxylic acids is 1. The highest BCUT2D eigenvalue weighted by Gasteiger charge is 2.34. The molecule has 1 fully saturated rings. The van der Waals surface area contributed by atoms with E-state index in [0.29, 0.717) is 6.54 Å². The minimum Gasteiger partial charge on any atom is -0.444 e. The lowest BCUT2D eigenvalue weighted by Crippen LogP contribution is -2.36. The minimum absolute atomic E-state index is 0.0820. The van der Waals surface area contributed by atoms with Gasteiger partial charge in [-0.25, -0.2) is 4.79 Å². The minimum atomic E-state index is -0.458. The summed E-state index contributed by atoms with van der Waals surface area (Å²) in [5.74, 6) is 0. The van der Waals surface area contributed by atoms with Crippen molar-refractivity contribution in [3.63, 3.8) is 0 Å². The van der Waals surface area contributed by atoms with Gasteiger partial charge in [-0.3, -0.25) is 4.90 Å². The van der Waals surface area contributed by atoms with Crippen molar-refractivity contribution in [1.82, 2.24) is 4.90 Å². The molecule has 3 nitrogen and oxygen atoms in total. The molecule has 1 aliphatic rings. The predicted molar refractivity (Wildman–Crippen MR) is 73.8 cm³/mol. The van der Waals surface area contributed by atoms with Crippen LogP contribution in [0.25, 0.3) is 0 Å². The fourth-order valence-electron chi connectivity index (χ4n) is 2.07. The smallest absolute Gasteiger partial charge is 0.411 e. The molecule has 0 saturated carbocycles. The molecule has 4 heteroatoms. The molecule has 0 spiro atoms. The molecule has 0 radical (unpaired) electrons. The second kappa shape index (κ2) is 4.76. The molecule has 98 valence electrons. The van der Waals surface area contributed by atoms with Gasteiger partial charge in [0.2, 0.25) is 0 Å². The van der Waals surface area contributed by atoms with E-state index in [1.807, 2.05) is 26.2 Å². The van der Waals surface area contributed by atoms with Crippen LogP contribution in [0.3, 0.4) is 0 Å². The maximum atomic E-state index is 12.2. The monoisotopic (exact) mass is 265 g/mol. The van der Waals surface area contributed by atoms with Crippen molar-refractivity contribution < 1.29 is 9.53 Å². The summed E-state index contributed by atoms with van der Waals surface area (Å²) in [6.07, 6.45) is 0.577. The third-order valence-electron chi connectivity index (χ3n) is 2.81. The van der Waals surface area contributed by atoms with E-state index in [-0.39, 0.29) is 12.1 Å². The van der Waals surface area contributed by atoms with E-state index in [4.69, 9.17) is 4.74 Å². The highest BCUT2D eigenvalue weighted by atomic mass is 32.1. The van der Waals surface area contributed by atoms with Gasteiger partial charge in [0.05, 0.1) is 6.04 Å². The molecule has 1 aromatic rings. The Morgan fingerprint density at radius 2 is 2.28 bits per heavy atom. The molecule has 1 atom stereocenters. The highest BCUT2D eigenvalue weighted by molar-refractivity contribution is 7.07. The number of rotatable bonds is 1. The van der Waals surface area contributed by atoms with E-state index in [1.165, 1.54) is 5.56 Å². The van der Waals surface area contributed by atoms with Gasteiger partial charge in [-0.1, -0.05) is 12.2 Å². The first-order valence-corrected chi connectivity index (χ1v) is 6.99. The van der Waals surface area contributed by atoms with E-state index in [0.717, 1.165) is 12.0 Å². The van der Waals surface area contributed by atoms with Crippen LogP contribution in [0.2, 0.25) is 0 Å². The van der Waals surface area contributed by atoms with Gasteiger partial charge in [0, 0.05) is 6.54 Å². The normalized spacial score (nSPS) is 20.3. The zero-order valence-electron chi connectivity index (χ0n) is 11.1. The summed E-state index contributed by atoms with van der Waals surface area (Å²) in [6, 6.07) is 2.14. The zero-order chi connectivity index (χ0) is 13.3. The summed E-state index contributed by atoms with van der Waals surface area (Å²) in [7, 11) is 0. The molecule has 0 aromatic carbocycles. The summed E-state index contributed by atoms with van der Waals surface area (Å²) >= 11 is 1.65. The number of amides is 1. The van der Waals surface area contributed by atoms with Gasteiger partial charge in [-0.2, -0.15) is 11.3 Å². The fourth-order valence-corrected chi connectivity index (χ4v) is 2.78. The van der Waals surface area contributed by atoms with Crippen LogP contribution in [0.1, 0.15) is 38.8 Å². The Morgan fingerprint density at radius 3 is 2.83 bits per heavy atom. The van der Waals surface area contributed by atoms with E-state index < -0.39 is 5.60 Å². The lowest BCUT2D eigenvalue weighted by Gasteiger charge is -2.28. The quantitative estimate of drug-likeness (QED) is 0.719. The molecule has 2 rings (SSSR count). The number of thiophene rings is 1. The van der Waals surface area contributed by atoms with E-state index in [1.54, 1.807) is 16.2 Å². The van der Waals surface area contributed by atoms with Crippen molar-refractivity contribution in [1.29, 1.82) is 0 Å². The van der Waals surface area contributed by atoms with Crippen molar-refractivity contribution >= 4 is 17.4 Å². The third-order valence-corrected chi connectivity index (χ3v) is 3.51. The predicted octanol–water partition coefficient (Wildman–Crippen LogP) is 3.99. The molecule has 0 N–H and O–H groups in total. The number of hydrogen-bond acceptors (Lipinski definition) is 3. The topological polar surface area (TPSA) is 29.5 Å².